The molecule has 0 saturated heterocycles. The van der Waals surface area contributed by atoms with E-state index in [-0.39, 0.29) is 5.88 Å². The zero-order chi connectivity index (χ0) is 8.27. The van der Waals surface area contributed by atoms with Gasteiger partial charge in [-0.3, -0.25) is 0 Å². The van der Waals surface area contributed by atoms with Crippen molar-refractivity contribution in [3.8, 4) is 5.88 Å². The molecule has 4 nitrogen and oxygen atoms in total. The molecule has 58 valence electrons. The molecule has 11 heavy (non-hydrogen) atoms. The highest BCUT2D eigenvalue weighted by atomic mass is 79.9. The van der Waals surface area contributed by atoms with Gasteiger partial charge in [-0.1, -0.05) is 6.07 Å². The van der Waals surface area contributed by atoms with Crippen LogP contribution in [-0.2, 0) is 0 Å². The molecule has 0 unspecified atom stereocenters. The van der Waals surface area contributed by atoms with Gasteiger partial charge < -0.3 is 9.84 Å². The number of hydrogen-bond acceptors (Lipinski definition) is 3. The van der Waals surface area contributed by atoms with Crippen molar-refractivity contribution < 1.29 is 14.6 Å². The van der Waals surface area contributed by atoms with Crippen LogP contribution in [0.3, 0.4) is 0 Å². The molecule has 0 saturated carbocycles. The summed E-state index contributed by atoms with van der Waals surface area (Å²) in [7, 11) is 0. The van der Waals surface area contributed by atoms with Crippen LogP contribution in [0.15, 0.2) is 22.8 Å². The number of hydrogen-bond donors (Lipinski definition) is 1. The molecule has 0 bridgehead atoms. The van der Waals surface area contributed by atoms with E-state index < -0.39 is 6.16 Å². The number of carbonyl (C=O) groups is 1. The average molecular weight is 218 g/mol. The molecule has 0 aliphatic rings. The third-order valence-electron chi connectivity index (χ3n) is 0.881. The van der Waals surface area contributed by atoms with Crippen molar-refractivity contribution in [2.45, 2.75) is 0 Å². The highest BCUT2D eigenvalue weighted by Crippen LogP contribution is 2.11. The van der Waals surface area contributed by atoms with Gasteiger partial charge in [-0.25, -0.2) is 9.78 Å². The number of carboxylic acid groups (broad SMARTS) is 1. The van der Waals surface area contributed by atoms with Gasteiger partial charge in [-0.05, 0) is 22.0 Å². The lowest BCUT2D eigenvalue weighted by molar-refractivity contribution is 0.142. The number of aromatic nitrogens is 1. The summed E-state index contributed by atoms with van der Waals surface area (Å²) < 4.78 is 4.81. The van der Waals surface area contributed by atoms with E-state index >= 15 is 0 Å². The topological polar surface area (TPSA) is 59.4 Å². The van der Waals surface area contributed by atoms with E-state index in [1.54, 1.807) is 12.1 Å². The van der Waals surface area contributed by atoms with Crippen molar-refractivity contribution in [2.24, 2.45) is 0 Å². The van der Waals surface area contributed by atoms with Gasteiger partial charge in [0, 0.05) is 6.07 Å². The van der Waals surface area contributed by atoms with Crippen LogP contribution in [0.5, 0.6) is 5.88 Å². The lowest BCUT2D eigenvalue weighted by atomic mass is 10.5. The zero-order valence-corrected chi connectivity index (χ0v) is 6.91. The molecule has 0 aliphatic carbocycles. The van der Waals surface area contributed by atoms with Crippen LogP contribution < -0.4 is 4.74 Å². The second-order valence-electron chi connectivity index (χ2n) is 1.67. The monoisotopic (exact) mass is 217 g/mol. The summed E-state index contributed by atoms with van der Waals surface area (Å²) in [6.07, 6.45) is -1.37. The summed E-state index contributed by atoms with van der Waals surface area (Å²) in [5, 5.41) is 8.18. The quantitative estimate of drug-likeness (QED) is 0.577. The van der Waals surface area contributed by atoms with Crippen LogP contribution >= 0.6 is 15.9 Å². The maximum atomic E-state index is 10.0. The van der Waals surface area contributed by atoms with Crippen LogP contribution in [0.25, 0.3) is 0 Å². The van der Waals surface area contributed by atoms with Crippen molar-refractivity contribution in [3.63, 3.8) is 0 Å². The van der Waals surface area contributed by atoms with E-state index in [1.807, 2.05) is 0 Å². The third kappa shape index (κ3) is 2.55. The van der Waals surface area contributed by atoms with E-state index in [2.05, 4.69) is 25.7 Å². The van der Waals surface area contributed by atoms with Gasteiger partial charge >= 0.3 is 6.16 Å². The van der Waals surface area contributed by atoms with E-state index in [4.69, 9.17) is 5.11 Å². The summed E-state index contributed by atoms with van der Waals surface area (Å²) >= 11 is 3.07. The molecule has 0 fully saturated rings. The van der Waals surface area contributed by atoms with Crippen LogP contribution in [0.2, 0.25) is 0 Å². The molecule has 1 aromatic heterocycles. The molecule has 0 aromatic carbocycles. The van der Waals surface area contributed by atoms with Gasteiger partial charge in [-0.2, -0.15) is 0 Å². The lowest BCUT2D eigenvalue weighted by Crippen LogP contribution is -2.04. The maximum absolute atomic E-state index is 10.0. The Labute approximate surface area is 71.0 Å². The molecule has 0 amide bonds. The van der Waals surface area contributed by atoms with Crippen molar-refractivity contribution in [3.05, 3.63) is 22.8 Å². The average Bonchev–Trinajstić information content (AvgIpc) is 1.85. The first-order chi connectivity index (χ1) is 5.18. The summed E-state index contributed by atoms with van der Waals surface area (Å²) in [4.78, 5) is 13.7. The van der Waals surface area contributed by atoms with Crippen molar-refractivity contribution in [1.82, 2.24) is 4.98 Å². The molecule has 1 heterocycles. The second-order valence-corrected chi connectivity index (χ2v) is 2.48. The van der Waals surface area contributed by atoms with Gasteiger partial charge in [0.1, 0.15) is 4.60 Å². The molecule has 0 atom stereocenters. The molecular weight excluding hydrogens is 214 g/mol. The summed E-state index contributed by atoms with van der Waals surface area (Å²) in [5.41, 5.74) is 0. The van der Waals surface area contributed by atoms with Gasteiger partial charge in [0.25, 0.3) is 0 Å². The lowest BCUT2D eigenvalue weighted by Gasteiger charge is -1.96. The Morgan fingerprint density at radius 2 is 2.36 bits per heavy atom. The molecule has 0 radical (unpaired) electrons. The number of rotatable bonds is 1. The Kier molecular flexibility index (Phi) is 2.43. The van der Waals surface area contributed by atoms with E-state index in [0.29, 0.717) is 4.60 Å². The summed E-state index contributed by atoms with van der Waals surface area (Å²) in [5.74, 6) is 0.0619. The highest BCUT2D eigenvalue weighted by Gasteiger charge is 2.00. The fourth-order valence-electron chi connectivity index (χ4n) is 0.536. The Balaban J connectivity index is 2.79. The number of halogens is 1. The van der Waals surface area contributed by atoms with Crippen LogP contribution in [-0.4, -0.2) is 16.2 Å². The van der Waals surface area contributed by atoms with E-state index in [1.165, 1.54) is 6.07 Å². The van der Waals surface area contributed by atoms with Gasteiger partial charge in [0.15, 0.2) is 0 Å². The first-order valence-electron chi connectivity index (χ1n) is 2.72. The molecule has 1 rings (SSSR count). The normalized spacial score (nSPS) is 9.18. The first-order valence-corrected chi connectivity index (χ1v) is 3.51. The second kappa shape index (κ2) is 3.34. The minimum Gasteiger partial charge on any atom is -0.449 e. The summed E-state index contributed by atoms with van der Waals surface area (Å²) in [6.45, 7) is 0. The highest BCUT2D eigenvalue weighted by molar-refractivity contribution is 9.10. The smallest absolute Gasteiger partial charge is 0.449 e. The predicted octanol–water partition coefficient (Wildman–Crippen LogP) is 1.90. The van der Waals surface area contributed by atoms with Crippen molar-refractivity contribution in [2.75, 3.05) is 0 Å². The Bertz CT molecular complexity index is 276. The van der Waals surface area contributed by atoms with Crippen LogP contribution in [0, 0.1) is 0 Å². The van der Waals surface area contributed by atoms with Gasteiger partial charge in [-0.15, -0.1) is 0 Å². The fraction of sp³-hybridized carbons (Fsp3) is 0. The third-order valence-corrected chi connectivity index (χ3v) is 1.32. The summed E-state index contributed by atoms with van der Waals surface area (Å²) in [6, 6.07) is 4.77. The largest absolute Gasteiger partial charge is 0.512 e. The fourth-order valence-corrected chi connectivity index (χ4v) is 0.863. The van der Waals surface area contributed by atoms with Crippen LogP contribution in [0.1, 0.15) is 0 Å². The van der Waals surface area contributed by atoms with Gasteiger partial charge in [0.2, 0.25) is 5.88 Å². The van der Waals surface area contributed by atoms with Crippen molar-refractivity contribution in [1.29, 1.82) is 0 Å². The molecule has 5 heteroatoms. The standard InChI is InChI=1S/C6H4BrNO3/c7-4-2-1-3-5(8-4)11-6(9)10/h1-3H,(H,9,10). The van der Waals surface area contributed by atoms with Crippen molar-refractivity contribution >= 4 is 22.1 Å². The van der Waals surface area contributed by atoms with Crippen LogP contribution in [0.4, 0.5) is 4.79 Å². The SMILES string of the molecule is O=C(O)Oc1cccc(Br)n1. The maximum Gasteiger partial charge on any atom is 0.512 e. The Morgan fingerprint density at radius 1 is 1.64 bits per heavy atom. The number of pyridine rings is 1. The molecule has 0 spiro atoms. The van der Waals surface area contributed by atoms with E-state index in [0.717, 1.165) is 0 Å². The molecule has 0 aliphatic heterocycles. The molecule has 1 aromatic rings. The first kappa shape index (κ1) is 8.00. The zero-order valence-electron chi connectivity index (χ0n) is 5.32. The number of ether oxygens (including phenoxy) is 1. The van der Waals surface area contributed by atoms with E-state index in [9.17, 15) is 4.79 Å². The minimum atomic E-state index is -1.37. The Hall–Kier alpha value is -1.10. The molecular formula is C6H4BrNO3. The number of nitrogens with zero attached hydrogens (tertiary/aromatic N) is 1. The molecule has 1 N–H and O–H groups in total. The Morgan fingerprint density at radius 3 is 2.91 bits per heavy atom. The minimum absolute atomic E-state index is 0.0619. The predicted molar refractivity (Wildman–Crippen MR) is 40.6 cm³/mol. The van der Waals surface area contributed by atoms with Gasteiger partial charge in [0.05, 0.1) is 0 Å².